The Kier molecular flexibility index (Phi) is 4.82. The molecular weight excluding hydrogens is 266 g/mol. The molecule has 4 heteroatoms. The zero-order valence-corrected chi connectivity index (χ0v) is 12.4. The van der Waals surface area contributed by atoms with Crippen molar-refractivity contribution in [1.82, 2.24) is 5.32 Å². The minimum absolute atomic E-state index is 0.275. The molecule has 1 N–H and O–H groups in total. The topological polar surface area (TPSA) is 29.1 Å². The molecule has 0 amide bonds. The van der Waals surface area contributed by atoms with Crippen LogP contribution in [-0.4, -0.2) is 22.3 Å². The second kappa shape index (κ2) is 6.18. The van der Waals surface area contributed by atoms with Gasteiger partial charge in [-0.15, -0.1) is 0 Å². The minimum atomic E-state index is -0.749. The first-order valence-electron chi connectivity index (χ1n) is 6.38. The van der Waals surface area contributed by atoms with Crippen LogP contribution in [-0.2, 0) is 10.8 Å². The van der Waals surface area contributed by atoms with Gasteiger partial charge in [0, 0.05) is 39.9 Å². The van der Waals surface area contributed by atoms with Crippen LogP contribution < -0.4 is 5.32 Å². The van der Waals surface area contributed by atoms with E-state index in [2.05, 4.69) is 24.4 Å². The second-order valence-electron chi connectivity index (χ2n) is 5.17. The lowest BCUT2D eigenvalue weighted by Crippen LogP contribution is -2.35. The maximum absolute atomic E-state index is 11.3. The van der Waals surface area contributed by atoms with Crippen molar-refractivity contribution in [2.75, 3.05) is 12.0 Å². The highest BCUT2D eigenvalue weighted by atomic mass is 35.5. The lowest BCUT2D eigenvalue weighted by atomic mass is 10.0. The molecule has 18 heavy (non-hydrogen) atoms. The van der Waals surface area contributed by atoms with Crippen LogP contribution in [0.1, 0.15) is 31.4 Å². The van der Waals surface area contributed by atoms with Crippen LogP contribution in [0.3, 0.4) is 0 Å². The van der Waals surface area contributed by atoms with E-state index in [1.54, 1.807) is 6.26 Å². The smallest absolute Gasteiger partial charge is 0.0406 e. The average Bonchev–Trinajstić information content (AvgIpc) is 3.10. The fraction of sp³-hybridized carbons (Fsp3) is 0.571. The zero-order valence-electron chi connectivity index (χ0n) is 10.9. The van der Waals surface area contributed by atoms with E-state index in [9.17, 15) is 4.21 Å². The molecule has 1 aliphatic rings. The summed E-state index contributed by atoms with van der Waals surface area (Å²) < 4.78 is 11.3. The third-order valence-corrected chi connectivity index (χ3v) is 4.49. The molecule has 3 atom stereocenters. The van der Waals surface area contributed by atoms with E-state index < -0.39 is 10.8 Å². The highest BCUT2D eigenvalue weighted by Crippen LogP contribution is 2.41. The summed E-state index contributed by atoms with van der Waals surface area (Å²) in [6.45, 7) is 2.10. The van der Waals surface area contributed by atoms with Crippen LogP contribution in [0.4, 0.5) is 0 Å². The molecule has 0 spiro atoms. The quantitative estimate of drug-likeness (QED) is 0.870. The zero-order chi connectivity index (χ0) is 13.1. The molecule has 2 nitrogen and oxygen atoms in total. The molecule has 1 aliphatic carbocycles. The van der Waals surface area contributed by atoms with Gasteiger partial charge in [0.15, 0.2) is 0 Å². The normalized spacial score (nSPS) is 20.4. The number of halogens is 1. The Morgan fingerprint density at radius 3 is 2.50 bits per heavy atom. The van der Waals surface area contributed by atoms with E-state index in [-0.39, 0.29) is 6.04 Å². The van der Waals surface area contributed by atoms with Crippen molar-refractivity contribution in [3.05, 3.63) is 34.9 Å². The average molecular weight is 286 g/mol. The Balaban J connectivity index is 2.04. The Bertz CT molecular complexity index is 416. The first-order chi connectivity index (χ1) is 8.56. The third-order valence-electron chi connectivity index (χ3n) is 3.27. The molecule has 1 aromatic rings. The molecule has 2 rings (SSSR count). The monoisotopic (exact) mass is 285 g/mol. The van der Waals surface area contributed by atoms with Crippen LogP contribution in [0.15, 0.2) is 24.3 Å². The summed E-state index contributed by atoms with van der Waals surface area (Å²) in [5.74, 6) is 1.43. The van der Waals surface area contributed by atoms with E-state index in [1.165, 1.54) is 18.4 Å². The summed E-state index contributed by atoms with van der Waals surface area (Å²) in [5, 5.41) is 4.38. The molecule has 0 saturated heterocycles. The lowest BCUT2D eigenvalue weighted by Gasteiger charge is -2.23. The van der Waals surface area contributed by atoms with E-state index in [0.717, 1.165) is 10.9 Å². The molecule has 1 saturated carbocycles. The first-order valence-corrected chi connectivity index (χ1v) is 8.48. The predicted octanol–water partition coefficient (Wildman–Crippen LogP) is 3.15. The lowest BCUT2D eigenvalue weighted by molar-refractivity contribution is 0.438. The van der Waals surface area contributed by atoms with Crippen molar-refractivity contribution < 1.29 is 4.21 Å². The summed E-state index contributed by atoms with van der Waals surface area (Å²) in [4.78, 5) is 0. The first kappa shape index (κ1) is 14.0. The van der Waals surface area contributed by atoms with E-state index in [1.807, 2.05) is 12.1 Å². The summed E-state index contributed by atoms with van der Waals surface area (Å²) in [6.07, 6.45) is 4.32. The molecule has 100 valence electrons. The van der Waals surface area contributed by atoms with E-state index in [0.29, 0.717) is 11.8 Å². The molecule has 0 heterocycles. The summed E-state index contributed by atoms with van der Waals surface area (Å²) in [5.41, 5.74) is 1.29. The van der Waals surface area contributed by atoms with Gasteiger partial charge in [0.05, 0.1) is 0 Å². The molecule has 0 aliphatic heterocycles. The number of hydrogen-bond donors (Lipinski definition) is 1. The molecule has 0 radical (unpaired) electrons. The standard InChI is InChI=1S/C14H20ClNOS/c1-10(9-18(2)17)16-14(11-3-4-11)12-5-7-13(15)8-6-12/h5-8,10-11,14,16H,3-4,9H2,1-2H3. The summed E-state index contributed by atoms with van der Waals surface area (Å²) >= 11 is 5.93. The largest absolute Gasteiger partial charge is 0.306 e. The highest BCUT2D eigenvalue weighted by molar-refractivity contribution is 7.84. The number of nitrogens with one attached hydrogen (secondary N) is 1. The maximum atomic E-state index is 11.3. The number of benzene rings is 1. The molecule has 0 bridgehead atoms. The molecular formula is C14H20ClNOS. The highest BCUT2D eigenvalue weighted by Gasteiger charge is 2.32. The Labute approximate surface area is 117 Å². The Hall–Kier alpha value is -0.380. The molecule has 0 aromatic heterocycles. The van der Waals surface area contributed by atoms with Gasteiger partial charge in [-0.05, 0) is 43.4 Å². The second-order valence-corrected chi connectivity index (χ2v) is 7.09. The van der Waals surface area contributed by atoms with Gasteiger partial charge in [-0.3, -0.25) is 4.21 Å². The fourth-order valence-corrected chi connectivity index (χ4v) is 3.24. The van der Waals surface area contributed by atoms with Crippen molar-refractivity contribution in [3.8, 4) is 0 Å². The van der Waals surface area contributed by atoms with Gasteiger partial charge in [0.1, 0.15) is 0 Å². The van der Waals surface area contributed by atoms with E-state index >= 15 is 0 Å². The van der Waals surface area contributed by atoms with Crippen molar-refractivity contribution >= 4 is 22.4 Å². The van der Waals surface area contributed by atoms with Crippen LogP contribution in [0, 0.1) is 5.92 Å². The minimum Gasteiger partial charge on any atom is -0.306 e. The van der Waals surface area contributed by atoms with Gasteiger partial charge >= 0.3 is 0 Å². The maximum Gasteiger partial charge on any atom is 0.0406 e. The van der Waals surface area contributed by atoms with Gasteiger partial charge in [-0.1, -0.05) is 23.7 Å². The van der Waals surface area contributed by atoms with Crippen LogP contribution >= 0.6 is 11.6 Å². The van der Waals surface area contributed by atoms with Gasteiger partial charge in [-0.25, -0.2) is 0 Å². The fourth-order valence-electron chi connectivity index (χ4n) is 2.31. The molecule has 1 aromatic carbocycles. The summed E-state index contributed by atoms with van der Waals surface area (Å²) in [7, 11) is -0.749. The summed E-state index contributed by atoms with van der Waals surface area (Å²) in [6, 6.07) is 8.72. The van der Waals surface area contributed by atoms with Crippen molar-refractivity contribution in [1.29, 1.82) is 0 Å². The van der Waals surface area contributed by atoms with Crippen molar-refractivity contribution in [2.45, 2.75) is 31.8 Å². The Morgan fingerprint density at radius 2 is 2.00 bits per heavy atom. The van der Waals surface area contributed by atoms with Gasteiger partial charge in [-0.2, -0.15) is 0 Å². The Morgan fingerprint density at radius 1 is 1.39 bits per heavy atom. The number of rotatable bonds is 6. The predicted molar refractivity (Wildman–Crippen MR) is 78.4 cm³/mol. The molecule has 3 unspecified atom stereocenters. The third kappa shape index (κ3) is 4.08. The van der Waals surface area contributed by atoms with E-state index in [4.69, 9.17) is 11.6 Å². The van der Waals surface area contributed by atoms with Crippen LogP contribution in [0.5, 0.6) is 0 Å². The van der Waals surface area contributed by atoms with Gasteiger partial charge in [0.2, 0.25) is 0 Å². The van der Waals surface area contributed by atoms with Crippen molar-refractivity contribution in [3.63, 3.8) is 0 Å². The SMILES string of the molecule is CC(CS(C)=O)NC(c1ccc(Cl)cc1)C1CC1. The van der Waals surface area contributed by atoms with Crippen molar-refractivity contribution in [2.24, 2.45) is 5.92 Å². The number of hydrogen-bond acceptors (Lipinski definition) is 2. The van der Waals surface area contributed by atoms with Crippen LogP contribution in [0.2, 0.25) is 5.02 Å². The van der Waals surface area contributed by atoms with Crippen LogP contribution in [0.25, 0.3) is 0 Å². The molecule has 1 fully saturated rings. The van der Waals surface area contributed by atoms with Gasteiger partial charge < -0.3 is 5.32 Å². The van der Waals surface area contributed by atoms with Gasteiger partial charge in [0.25, 0.3) is 0 Å².